The van der Waals surface area contributed by atoms with Gasteiger partial charge in [0.2, 0.25) is 0 Å². The van der Waals surface area contributed by atoms with E-state index < -0.39 is 12.5 Å². The van der Waals surface area contributed by atoms with Gasteiger partial charge >= 0.3 is 6.61 Å². The number of rotatable bonds is 6. The molecule has 1 heterocycles. The minimum absolute atomic E-state index is 0.0311. The molecule has 112 valence electrons. The highest BCUT2D eigenvalue weighted by molar-refractivity contribution is 6.02. The van der Waals surface area contributed by atoms with Crippen LogP contribution in [0.25, 0.3) is 0 Å². The van der Waals surface area contributed by atoms with Gasteiger partial charge in [0.25, 0.3) is 5.91 Å². The molecule has 8 heteroatoms. The molecule has 0 aliphatic rings. The number of ether oxygens (including phenoxy) is 1. The SMILES string of the molecule is NCCn1cnc(C(=O)Nc2cccc(OC(F)F)c2)c1. The molecule has 0 bridgehead atoms. The van der Waals surface area contributed by atoms with Crippen LogP contribution in [0.3, 0.4) is 0 Å². The zero-order valence-electron chi connectivity index (χ0n) is 11.0. The van der Waals surface area contributed by atoms with Crippen LogP contribution in [0.4, 0.5) is 14.5 Å². The quantitative estimate of drug-likeness (QED) is 0.850. The van der Waals surface area contributed by atoms with E-state index in [0.717, 1.165) is 0 Å². The van der Waals surface area contributed by atoms with Crippen LogP contribution in [-0.4, -0.2) is 28.6 Å². The van der Waals surface area contributed by atoms with Crippen molar-refractivity contribution in [1.82, 2.24) is 9.55 Å². The van der Waals surface area contributed by atoms with Crippen LogP contribution in [0, 0.1) is 0 Å². The Morgan fingerprint density at radius 2 is 2.29 bits per heavy atom. The van der Waals surface area contributed by atoms with E-state index in [9.17, 15) is 13.6 Å². The fourth-order valence-electron chi connectivity index (χ4n) is 1.69. The van der Waals surface area contributed by atoms with E-state index in [1.807, 2.05) is 0 Å². The number of amides is 1. The first-order chi connectivity index (χ1) is 10.1. The Hall–Kier alpha value is -2.48. The maximum absolute atomic E-state index is 12.1. The Labute approximate surface area is 119 Å². The highest BCUT2D eigenvalue weighted by Gasteiger charge is 2.11. The minimum atomic E-state index is -2.91. The molecule has 0 fully saturated rings. The second-order valence-electron chi connectivity index (χ2n) is 4.15. The third-order valence-electron chi connectivity index (χ3n) is 2.57. The van der Waals surface area contributed by atoms with Gasteiger partial charge < -0.3 is 20.4 Å². The Kier molecular flexibility index (Phi) is 4.83. The Balaban J connectivity index is 2.04. The molecule has 0 atom stereocenters. The smallest absolute Gasteiger partial charge is 0.387 e. The van der Waals surface area contributed by atoms with Crippen molar-refractivity contribution in [1.29, 1.82) is 0 Å². The lowest BCUT2D eigenvalue weighted by atomic mass is 10.3. The van der Waals surface area contributed by atoms with Crippen molar-refractivity contribution in [2.75, 3.05) is 11.9 Å². The van der Waals surface area contributed by atoms with Crippen molar-refractivity contribution in [3.05, 3.63) is 42.5 Å². The number of hydrogen-bond donors (Lipinski definition) is 2. The van der Waals surface area contributed by atoms with Crippen molar-refractivity contribution in [3.8, 4) is 5.75 Å². The van der Waals surface area contributed by atoms with Gasteiger partial charge in [0.15, 0.2) is 0 Å². The first kappa shape index (κ1) is 14.9. The second-order valence-corrected chi connectivity index (χ2v) is 4.15. The van der Waals surface area contributed by atoms with Gasteiger partial charge in [-0.3, -0.25) is 4.79 Å². The number of anilines is 1. The van der Waals surface area contributed by atoms with Crippen LogP contribution in [0.1, 0.15) is 10.5 Å². The number of nitrogens with one attached hydrogen (secondary N) is 1. The normalized spacial score (nSPS) is 10.7. The van der Waals surface area contributed by atoms with Crippen LogP contribution < -0.4 is 15.8 Å². The molecule has 3 N–H and O–H groups in total. The van der Waals surface area contributed by atoms with Crippen LogP contribution in [0.2, 0.25) is 0 Å². The van der Waals surface area contributed by atoms with Gasteiger partial charge in [0, 0.05) is 31.0 Å². The number of carbonyl (C=O) groups excluding carboxylic acids is 1. The van der Waals surface area contributed by atoms with Gasteiger partial charge in [-0.05, 0) is 12.1 Å². The average molecular weight is 296 g/mol. The Morgan fingerprint density at radius 3 is 3.00 bits per heavy atom. The van der Waals surface area contributed by atoms with Crippen molar-refractivity contribution in [3.63, 3.8) is 0 Å². The molecular formula is C13H14F2N4O2. The van der Waals surface area contributed by atoms with Crippen molar-refractivity contribution in [2.45, 2.75) is 13.2 Å². The molecule has 0 aliphatic heterocycles. The Bertz CT molecular complexity index is 616. The number of alkyl halides is 2. The number of nitrogens with two attached hydrogens (primary N) is 1. The second kappa shape index (κ2) is 6.80. The lowest BCUT2D eigenvalue weighted by Crippen LogP contribution is -2.13. The number of halogens is 2. The van der Waals surface area contributed by atoms with Gasteiger partial charge in [0.1, 0.15) is 11.4 Å². The van der Waals surface area contributed by atoms with Crippen LogP contribution in [0.5, 0.6) is 5.75 Å². The van der Waals surface area contributed by atoms with Crippen molar-refractivity contribution >= 4 is 11.6 Å². The topological polar surface area (TPSA) is 82.2 Å². The largest absolute Gasteiger partial charge is 0.435 e. The molecule has 2 aromatic rings. The summed E-state index contributed by atoms with van der Waals surface area (Å²) >= 11 is 0. The zero-order chi connectivity index (χ0) is 15.2. The minimum Gasteiger partial charge on any atom is -0.435 e. The van der Waals surface area contributed by atoms with E-state index in [0.29, 0.717) is 18.8 Å². The summed E-state index contributed by atoms with van der Waals surface area (Å²) in [6.07, 6.45) is 3.06. The number of imidazole rings is 1. The summed E-state index contributed by atoms with van der Waals surface area (Å²) in [6, 6.07) is 5.74. The zero-order valence-corrected chi connectivity index (χ0v) is 11.0. The number of benzene rings is 1. The van der Waals surface area contributed by atoms with Crippen molar-refractivity contribution in [2.24, 2.45) is 5.73 Å². The highest BCUT2D eigenvalue weighted by Crippen LogP contribution is 2.19. The number of nitrogens with zero attached hydrogens (tertiary/aromatic N) is 2. The summed E-state index contributed by atoms with van der Waals surface area (Å²) in [4.78, 5) is 15.9. The number of carbonyl (C=O) groups is 1. The third kappa shape index (κ3) is 4.25. The lowest BCUT2D eigenvalue weighted by molar-refractivity contribution is -0.0497. The molecule has 0 aliphatic carbocycles. The first-order valence-corrected chi connectivity index (χ1v) is 6.16. The highest BCUT2D eigenvalue weighted by atomic mass is 19.3. The van der Waals surface area contributed by atoms with Gasteiger partial charge in [-0.1, -0.05) is 6.07 Å². The molecule has 6 nitrogen and oxygen atoms in total. The van der Waals surface area contributed by atoms with E-state index in [-0.39, 0.29) is 11.4 Å². The average Bonchev–Trinajstić information content (AvgIpc) is 2.87. The molecule has 21 heavy (non-hydrogen) atoms. The van der Waals surface area contributed by atoms with Gasteiger partial charge in [-0.2, -0.15) is 8.78 Å². The fourth-order valence-corrected chi connectivity index (χ4v) is 1.69. The Morgan fingerprint density at radius 1 is 1.48 bits per heavy atom. The van der Waals surface area contributed by atoms with E-state index in [4.69, 9.17) is 5.73 Å². The van der Waals surface area contributed by atoms with Crippen LogP contribution in [0.15, 0.2) is 36.8 Å². The molecule has 0 radical (unpaired) electrons. The van der Waals surface area contributed by atoms with E-state index in [1.165, 1.54) is 24.5 Å². The number of aromatic nitrogens is 2. The molecule has 0 unspecified atom stereocenters. The lowest BCUT2D eigenvalue weighted by Gasteiger charge is -2.07. The van der Waals surface area contributed by atoms with Gasteiger partial charge in [-0.15, -0.1) is 0 Å². The molecule has 0 saturated carbocycles. The first-order valence-electron chi connectivity index (χ1n) is 6.16. The summed E-state index contributed by atoms with van der Waals surface area (Å²) in [5.41, 5.74) is 5.95. The van der Waals surface area contributed by atoms with Crippen molar-refractivity contribution < 1.29 is 18.3 Å². The molecule has 0 spiro atoms. The predicted molar refractivity (Wildman–Crippen MR) is 72.3 cm³/mol. The third-order valence-corrected chi connectivity index (χ3v) is 2.57. The van der Waals surface area contributed by atoms with Gasteiger partial charge in [-0.25, -0.2) is 4.98 Å². The van der Waals surface area contributed by atoms with E-state index in [2.05, 4.69) is 15.0 Å². The summed E-state index contributed by atoms with van der Waals surface area (Å²) in [7, 11) is 0. The van der Waals surface area contributed by atoms with E-state index in [1.54, 1.807) is 16.8 Å². The summed E-state index contributed by atoms with van der Waals surface area (Å²) in [5.74, 6) is -0.476. The van der Waals surface area contributed by atoms with Crippen LogP contribution >= 0.6 is 0 Å². The standard InChI is InChI=1S/C13H14F2N4O2/c14-13(15)21-10-3-1-2-9(6-10)18-12(20)11-7-19(5-4-16)8-17-11/h1-3,6-8,13H,4-5,16H2,(H,18,20). The fraction of sp³-hybridized carbons (Fsp3) is 0.231. The summed E-state index contributed by atoms with van der Waals surface area (Å²) in [6.45, 7) is -1.93. The summed E-state index contributed by atoms with van der Waals surface area (Å²) in [5, 5.41) is 2.56. The molecule has 1 aromatic heterocycles. The molecular weight excluding hydrogens is 282 g/mol. The maximum atomic E-state index is 12.1. The van der Waals surface area contributed by atoms with Gasteiger partial charge in [0.05, 0.1) is 6.33 Å². The molecule has 0 saturated heterocycles. The van der Waals surface area contributed by atoms with E-state index >= 15 is 0 Å². The molecule has 1 aromatic carbocycles. The maximum Gasteiger partial charge on any atom is 0.387 e. The molecule has 1 amide bonds. The monoisotopic (exact) mass is 296 g/mol. The number of hydrogen-bond acceptors (Lipinski definition) is 4. The predicted octanol–water partition coefficient (Wildman–Crippen LogP) is 1.70. The van der Waals surface area contributed by atoms with Crippen LogP contribution in [-0.2, 0) is 6.54 Å². The summed E-state index contributed by atoms with van der Waals surface area (Å²) < 4.78 is 30.2. The molecule has 2 rings (SSSR count).